The SMILES string of the molecule is COCc1ccc2c(-c3ccc4c5c(ccnc35)CCO4)c([C@H](OC(C)(C)C)C(=O)O)c(C)cc2n1. The van der Waals surface area contributed by atoms with Crippen LogP contribution < -0.4 is 4.74 Å². The molecule has 2 aromatic heterocycles. The summed E-state index contributed by atoms with van der Waals surface area (Å²) in [4.78, 5) is 22.2. The molecule has 0 bridgehead atoms. The normalized spacial score (nSPS) is 14.1. The van der Waals surface area contributed by atoms with E-state index in [1.165, 1.54) is 5.56 Å². The topological polar surface area (TPSA) is 90.8 Å². The maximum absolute atomic E-state index is 12.6. The van der Waals surface area contributed by atoms with Gasteiger partial charge in [-0.1, -0.05) is 6.07 Å². The third-order valence-electron chi connectivity index (χ3n) is 6.39. The van der Waals surface area contributed by atoms with Crippen LogP contribution in [0.2, 0.25) is 0 Å². The van der Waals surface area contributed by atoms with Gasteiger partial charge in [0.15, 0.2) is 6.10 Å². The Kier molecular flexibility index (Phi) is 6.14. The Labute approximate surface area is 210 Å². The standard InChI is InChI=1S/C29H30N2O5/c1-16-14-21-19(7-6-18(31-21)15-34-5)25(23(16)27(28(32)33)36-29(2,3)4)20-8-9-22-24-17(11-13-35-22)10-12-30-26(20)24/h6-10,12,14,27H,11,13,15H2,1-5H3,(H,32,33)/t27-/m0/s1. The number of pyridine rings is 2. The number of carboxylic acid groups (broad SMARTS) is 1. The van der Waals surface area contributed by atoms with Crippen LogP contribution in [0.1, 0.15) is 49.3 Å². The average molecular weight is 487 g/mol. The van der Waals surface area contributed by atoms with Crippen molar-refractivity contribution in [2.75, 3.05) is 13.7 Å². The van der Waals surface area contributed by atoms with Crippen LogP contribution >= 0.6 is 0 Å². The summed E-state index contributed by atoms with van der Waals surface area (Å²) in [6.45, 7) is 8.50. The molecule has 0 unspecified atom stereocenters. The van der Waals surface area contributed by atoms with Crippen molar-refractivity contribution in [3.63, 3.8) is 0 Å². The van der Waals surface area contributed by atoms with E-state index in [-0.39, 0.29) is 0 Å². The van der Waals surface area contributed by atoms with E-state index in [0.717, 1.165) is 56.4 Å². The molecule has 2 aromatic carbocycles. The van der Waals surface area contributed by atoms with E-state index in [1.807, 2.05) is 70.3 Å². The predicted octanol–water partition coefficient (Wildman–Crippen LogP) is 5.78. The molecule has 1 aliphatic rings. The number of aryl methyl sites for hydroxylation is 1. The molecule has 0 radical (unpaired) electrons. The van der Waals surface area contributed by atoms with Gasteiger partial charge in [0.25, 0.3) is 0 Å². The van der Waals surface area contributed by atoms with Crippen LogP contribution in [0.4, 0.5) is 0 Å². The first-order valence-corrected chi connectivity index (χ1v) is 12.0. The van der Waals surface area contributed by atoms with Gasteiger partial charge in [-0.3, -0.25) is 9.97 Å². The van der Waals surface area contributed by atoms with Gasteiger partial charge in [-0.25, -0.2) is 4.79 Å². The molecule has 1 aliphatic heterocycles. The molecule has 36 heavy (non-hydrogen) atoms. The van der Waals surface area contributed by atoms with Gasteiger partial charge < -0.3 is 19.3 Å². The number of carbonyl (C=O) groups is 1. The van der Waals surface area contributed by atoms with E-state index in [2.05, 4.69) is 0 Å². The van der Waals surface area contributed by atoms with E-state index in [4.69, 9.17) is 24.2 Å². The Morgan fingerprint density at radius 1 is 1.19 bits per heavy atom. The van der Waals surface area contributed by atoms with Gasteiger partial charge in [-0.2, -0.15) is 0 Å². The molecule has 1 atom stereocenters. The largest absolute Gasteiger partial charge is 0.493 e. The van der Waals surface area contributed by atoms with Crippen molar-refractivity contribution in [2.45, 2.75) is 52.4 Å². The Balaban J connectivity index is 1.89. The summed E-state index contributed by atoms with van der Waals surface area (Å²) >= 11 is 0. The lowest BCUT2D eigenvalue weighted by atomic mass is 9.86. The van der Waals surface area contributed by atoms with Crippen molar-refractivity contribution in [3.8, 4) is 16.9 Å². The van der Waals surface area contributed by atoms with E-state index in [1.54, 1.807) is 7.11 Å². The molecular formula is C29H30N2O5. The Bertz CT molecular complexity index is 1480. The van der Waals surface area contributed by atoms with Crippen molar-refractivity contribution < 1.29 is 24.1 Å². The lowest BCUT2D eigenvalue weighted by Crippen LogP contribution is -2.28. The first kappa shape index (κ1) is 24.2. The van der Waals surface area contributed by atoms with Gasteiger partial charge in [-0.05, 0) is 74.7 Å². The summed E-state index contributed by atoms with van der Waals surface area (Å²) in [7, 11) is 1.63. The van der Waals surface area contributed by atoms with Crippen molar-refractivity contribution >= 4 is 27.8 Å². The number of hydrogen-bond acceptors (Lipinski definition) is 6. The summed E-state index contributed by atoms with van der Waals surface area (Å²) in [5.74, 6) is -0.251. The zero-order chi connectivity index (χ0) is 25.6. The minimum atomic E-state index is -1.18. The molecule has 0 aliphatic carbocycles. The van der Waals surface area contributed by atoms with Crippen LogP contribution in [0.3, 0.4) is 0 Å². The molecule has 0 saturated carbocycles. The zero-order valence-electron chi connectivity index (χ0n) is 21.2. The minimum absolute atomic E-state index is 0.386. The number of aromatic nitrogens is 2. The fraction of sp³-hybridized carbons (Fsp3) is 0.345. The van der Waals surface area contributed by atoms with Gasteiger partial charge in [0.05, 0.1) is 35.5 Å². The number of fused-ring (bicyclic) bond motifs is 1. The number of aliphatic carboxylic acids is 1. The fourth-order valence-corrected chi connectivity index (χ4v) is 5.01. The highest BCUT2D eigenvalue weighted by atomic mass is 16.5. The van der Waals surface area contributed by atoms with Crippen molar-refractivity contribution in [1.29, 1.82) is 0 Å². The minimum Gasteiger partial charge on any atom is -0.493 e. The van der Waals surface area contributed by atoms with Crippen LogP contribution in [-0.2, 0) is 27.3 Å². The lowest BCUT2D eigenvalue weighted by Gasteiger charge is -2.29. The summed E-state index contributed by atoms with van der Waals surface area (Å²) in [5.41, 5.74) is 5.81. The monoisotopic (exact) mass is 486 g/mol. The van der Waals surface area contributed by atoms with Crippen LogP contribution in [0, 0.1) is 6.92 Å². The highest BCUT2D eigenvalue weighted by Gasteiger charge is 2.32. The van der Waals surface area contributed by atoms with Gasteiger partial charge >= 0.3 is 5.97 Å². The molecule has 0 amide bonds. The van der Waals surface area contributed by atoms with Crippen LogP contribution in [-0.4, -0.2) is 40.4 Å². The number of rotatable bonds is 6. The maximum atomic E-state index is 12.6. The first-order valence-electron chi connectivity index (χ1n) is 12.0. The number of nitrogens with zero attached hydrogens (tertiary/aromatic N) is 2. The summed E-state index contributed by atoms with van der Waals surface area (Å²) in [5, 5.41) is 12.1. The van der Waals surface area contributed by atoms with Gasteiger partial charge in [0, 0.05) is 41.6 Å². The van der Waals surface area contributed by atoms with Crippen molar-refractivity contribution in [2.24, 2.45) is 0 Å². The quantitative estimate of drug-likeness (QED) is 0.369. The number of methoxy groups -OCH3 is 1. The number of hydrogen-bond donors (Lipinski definition) is 1. The number of carboxylic acids is 1. The predicted molar refractivity (Wildman–Crippen MR) is 138 cm³/mol. The summed E-state index contributed by atoms with van der Waals surface area (Å²) in [6.07, 6.45) is 1.43. The van der Waals surface area contributed by atoms with E-state index in [9.17, 15) is 9.90 Å². The molecule has 0 spiro atoms. The van der Waals surface area contributed by atoms with Crippen molar-refractivity contribution in [1.82, 2.24) is 9.97 Å². The highest BCUT2D eigenvalue weighted by Crippen LogP contribution is 2.44. The van der Waals surface area contributed by atoms with Crippen LogP contribution in [0.15, 0.2) is 42.6 Å². The number of ether oxygens (including phenoxy) is 3. The summed E-state index contributed by atoms with van der Waals surface area (Å²) in [6, 6.07) is 11.8. The molecule has 7 nitrogen and oxygen atoms in total. The molecule has 1 N–H and O–H groups in total. The molecule has 0 fully saturated rings. The van der Waals surface area contributed by atoms with E-state index >= 15 is 0 Å². The van der Waals surface area contributed by atoms with E-state index < -0.39 is 17.7 Å². The third-order valence-corrected chi connectivity index (χ3v) is 6.39. The van der Waals surface area contributed by atoms with E-state index in [0.29, 0.717) is 18.8 Å². The van der Waals surface area contributed by atoms with Gasteiger partial charge in [-0.15, -0.1) is 0 Å². The van der Waals surface area contributed by atoms with Gasteiger partial charge in [0.2, 0.25) is 0 Å². The summed E-state index contributed by atoms with van der Waals surface area (Å²) < 4.78 is 17.4. The molecule has 5 rings (SSSR count). The second kappa shape index (κ2) is 9.15. The second-order valence-electron chi connectivity index (χ2n) is 10.1. The molecule has 0 saturated heterocycles. The van der Waals surface area contributed by atoms with Crippen LogP contribution in [0.5, 0.6) is 5.75 Å². The zero-order valence-corrected chi connectivity index (χ0v) is 21.2. The fourth-order valence-electron chi connectivity index (χ4n) is 5.01. The maximum Gasteiger partial charge on any atom is 0.337 e. The van der Waals surface area contributed by atoms with Crippen molar-refractivity contribution in [3.05, 3.63) is 65.0 Å². The highest BCUT2D eigenvalue weighted by molar-refractivity contribution is 6.08. The molecule has 186 valence electrons. The molecular weight excluding hydrogens is 456 g/mol. The lowest BCUT2D eigenvalue weighted by molar-refractivity contribution is -0.160. The average Bonchev–Trinajstić information content (AvgIpc) is 2.82. The molecule has 3 heterocycles. The molecule has 4 aromatic rings. The number of benzene rings is 2. The van der Waals surface area contributed by atoms with Gasteiger partial charge in [0.1, 0.15) is 5.75 Å². The third kappa shape index (κ3) is 4.29. The second-order valence-corrected chi connectivity index (χ2v) is 10.1. The Hall–Kier alpha value is -3.55. The van der Waals surface area contributed by atoms with Crippen LogP contribution in [0.25, 0.3) is 32.9 Å². The Morgan fingerprint density at radius 2 is 2.00 bits per heavy atom. The smallest absolute Gasteiger partial charge is 0.337 e. The Morgan fingerprint density at radius 3 is 2.72 bits per heavy atom. The first-order chi connectivity index (χ1) is 17.2. The molecule has 7 heteroatoms.